The maximum Gasteiger partial charge on any atom is 0.253 e. The van der Waals surface area contributed by atoms with Crippen molar-refractivity contribution in [2.75, 3.05) is 39.4 Å². The lowest BCUT2D eigenvalue weighted by Crippen LogP contribution is -2.49. The maximum atomic E-state index is 12.9. The number of nitrogens with zero attached hydrogens (tertiary/aromatic N) is 1. The van der Waals surface area contributed by atoms with E-state index < -0.39 is 5.60 Å². The zero-order valence-corrected chi connectivity index (χ0v) is 22.7. The van der Waals surface area contributed by atoms with Crippen LogP contribution in [0.4, 0.5) is 0 Å². The molecule has 2 fully saturated rings. The Morgan fingerprint density at radius 3 is 2.38 bits per heavy atom. The molecule has 6 nitrogen and oxygen atoms in total. The third kappa shape index (κ3) is 7.37. The number of carbonyl (C=O) groups excluding carboxylic acids is 1. The highest BCUT2D eigenvalue weighted by Gasteiger charge is 2.35. The number of halogens is 3. The Hall–Kier alpha value is -1.26. The van der Waals surface area contributed by atoms with Gasteiger partial charge in [0.05, 0.1) is 11.6 Å². The fraction of sp³-hybridized carbons (Fsp3) is 0.480. The zero-order chi connectivity index (χ0) is 23.3. The van der Waals surface area contributed by atoms with Crippen molar-refractivity contribution in [3.8, 4) is 11.5 Å². The molecule has 0 radical (unpaired) electrons. The molecule has 2 heterocycles. The number of amides is 1. The second-order valence-electron chi connectivity index (χ2n) is 8.91. The lowest BCUT2D eigenvalue weighted by atomic mass is 9.92. The number of benzene rings is 2. The van der Waals surface area contributed by atoms with E-state index in [0.29, 0.717) is 48.2 Å². The van der Waals surface area contributed by atoms with Crippen LogP contribution in [0, 0.1) is 9.49 Å². The Balaban J connectivity index is 0.00000324. The Morgan fingerprint density at radius 2 is 1.74 bits per heavy atom. The van der Waals surface area contributed by atoms with Crippen LogP contribution in [0.25, 0.3) is 0 Å². The Kier molecular flexibility index (Phi) is 10.1. The smallest absolute Gasteiger partial charge is 0.253 e. The molecule has 1 amide bonds. The predicted molar refractivity (Wildman–Crippen MR) is 145 cm³/mol. The first-order valence-corrected chi connectivity index (χ1v) is 12.9. The van der Waals surface area contributed by atoms with Crippen molar-refractivity contribution in [3.05, 3.63) is 56.6 Å². The number of carbonyl (C=O) groups is 1. The van der Waals surface area contributed by atoms with Crippen LogP contribution < -0.4 is 14.8 Å². The Labute approximate surface area is 225 Å². The summed E-state index contributed by atoms with van der Waals surface area (Å²) in [5.74, 6) is 2.05. The molecule has 4 rings (SSSR count). The first kappa shape index (κ1) is 27.3. The number of rotatable bonds is 7. The molecule has 0 saturated carbocycles. The molecule has 0 aliphatic carbocycles. The van der Waals surface area contributed by atoms with Crippen LogP contribution in [-0.2, 0) is 0 Å². The largest absolute Gasteiger partial charge is 0.493 e. The summed E-state index contributed by atoms with van der Waals surface area (Å²) in [7, 11) is 0. The van der Waals surface area contributed by atoms with Crippen LogP contribution in [-0.4, -0.2) is 60.9 Å². The minimum absolute atomic E-state index is 0. The number of ether oxygens (including phenoxy) is 2. The Bertz CT molecular complexity index is 946. The molecule has 2 aromatic rings. The van der Waals surface area contributed by atoms with Crippen LogP contribution >= 0.6 is 46.6 Å². The van der Waals surface area contributed by atoms with Crippen molar-refractivity contribution in [1.29, 1.82) is 0 Å². The van der Waals surface area contributed by atoms with Gasteiger partial charge in [-0.1, -0.05) is 11.6 Å². The van der Waals surface area contributed by atoms with Gasteiger partial charge in [-0.3, -0.25) is 4.79 Å². The summed E-state index contributed by atoms with van der Waals surface area (Å²) in [4.78, 5) is 14.7. The summed E-state index contributed by atoms with van der Waals surface area (Å²) in [6.45, 7) is 4.00. The van der Waals surface area contributed by atoms with E-state index in [1.165, 1.54) is 0 Å². The van der Waals surface area contributed by atoms with E-state index in [4.69, 9.17) is 21.1 Å². The fourth-order valence-corrected chi connectivity index (χ4v) is 4.80. The number of hydrogen-bond acceptors (Lipinski definition) is 5. The summed E-state index contributed by atoms with van der Waals surface area (Å²) >= 11 is 8.20. The van der Waals surface area contributed by atoms with Gasteiger partial charge in [-0.25, -0.2) is 0 Å². The normalized spacial score (nSPS) is 18.1. The second-order valence-corrected chi connectivity index (χ2v) is 10.5. The monoisotopic (exact) mass is 620 g/mol. The van der Waals surface area contributed by atoms with Crippen LogP contribution in [0.2, 0.25) is 5.02 Å². The quantitative estimate of drug-likeness (QED) is 0.436. The molecule has 2 saturated heterocycles. The third-order valence-corrected chi connectivity index (χ3v) is 7.97. The molecular weight excluding hydrogens is 590 g/mol. The molecule has 186 valence electrons. The number of likely N-dealkylation sites (tertiary alicyclic amines) is 1. The molecule has 0 spiro atoms. The van der Waals surface area contributed by atoms with Crippen LogP contribution in [0.3, 0.4) is 0 Å². The molecule has 0 aromatic heterocycles. The standard InChI is InChI=1S/C25H30ClIN2O4.ClH/c26-22-6-5-21(15-23(22)27)33-17-25(31)9-13-29(14-10-25)24(30)19-1-3-20(4-2-19)32-16-18-7-11-28-12-8-18;/h1-6,15,18,28,31H,7-14,16-17H2;1H. The first-order valence-electron chi connectivity index (χ1n) is 11.4. The van der Waals surface area contributed by atoms with E-state index in [2.05, 4.69) is 27.9 Å². The summed E-state index contributed by atoms with van der Waals surface area (Å²) in [6, 6.07) is 12.8. The fourth-order valence-electron chi connectivity index (χ4n) is 4.19. The highest BCUT2D eigenvalue weighted by Crippen LogP contribution is 2.28. The number of piperidine rings is 2. The molecule has 2 aliphatic heterocycles. The van der Waals surface area contributed by atoms with Gasteiger partial charge in [-0.2, -0.15) is 0 Å². The summed E-state index contributed by atoms with van der Waals surface area (Å²) in [5, 5.41) is 15.0. The lowest BCUT2D eigenvalue weighted by Gasteiger charge is -2.38. The van der Waals surface area contributed by atoms with Crippen molar-refractivity contribution in [1.82, 2.24) is 10.2 Å². The molecule has 2 aliphatic rings. The molecule has 2 N–H and O–H groups in total. The van der Waals surface area contributed by atoms with E-state index in [9.17, 15) is 9.90 Å². The minimum Gasteiger partial charge on any atom is -0.493 e. The van der Waals surface area contributed by atoms with Crippen LogP contribution in [0.5, 0.6) is 11.5 Å². The van der Waals surface area contributed by atoms with Gasteiger partial charge in [0.1, 0.15) is 23.7 Å². The highest BCUT2D eigenvalue weighted by atomic mass is 127. The molecular formula is C25H31Cl2IN2O4. The molecule has 0 bridgehead atoms. The van der Waals surface area contributed by atoms with Gasteiger partial charge in [0.25, 0.3) is 5.91 Å². The molecule has 0 unspecified atom stereocenters. The molecule has 0 atom stereocenters. The molecule has 34 heavy (non-hydrogen) atoms. The number of nitrogens with one attached hydrogen (secondary N) is 1. The average molecular weight is 621 g/mol. The average Bonchev–Trinajstić information content (AvgIpc) is 2.85. The van der Waals surface area contributed by atoms with Crippen LogP contribution in [0.15, 0.2) is 42.5 Å². The van der Waals surface area contributed by atoms with Crippen molar-refractivity contribution in [3.63, 3.8) is 0 Å². The van der Waals surface area contributed by atoms with Crippen molar-refractivity contribution in [2.24, 2.45) is 5.92 Å². The van der Waals surface area contributed by atoms with Crippen molar-refractivity contribution >= 4 is 52.5 Å². The number of aliphatic hydroxyl groups is 1. The summed E-state index contributed by atoms with van der Waals surface area (Å²) in [6.07, 6.45) is 3.23. The van der Waals surface area contributed by atoms with Gasteiger partial charge >= 0.3 is 0 Å². The topological polar surface area (TPSA) is 71.0 Å². The Morgan fingerprint density at radius 1 is 1.09 bits per heavy atom. The number of hydrogen-bond donors (Lipinski definition) is 2. The van der Waals surface area contributed by atoms with Gasteiger partial charge in [0.15, 0.2) is 0 Å². The SMILES string of the molecule is Cl.O=C(c1ccc(OCC2CCNCC2)cc1)N1CCC(O)(COc2ccc(Cl)c(I)c2)CC1. The highest BCUT2D eigenvalue weighted by molar-refractivity contribution is 14.1. The summed E-state index contributed by atoms with van der Waals surface area (Å²) < 4.78 is 12.6. The van der Waals surface area contributed by atoms with Gasteiger partial charge in [-0.15, -0.1) is 12.4 Å². The van der Waals surface area contributed by atoms with Gasteiger partial charge in [-0.05, 0) is 110 Å². The molecule has 2 aromatic carbocycles. The zero-order valence-electron chi connectivity index (χ0n) is 19.0. The molecule has 9 heteroatoms. The van der Waals surface area contributed by atoms with Gasteiger partial charge in [0, 0.05) is 22.2 Å². The van der Waals surface area contributed by atoms with Gasteiger partial charge in [0.2, 0.25) is 0 Å². The third-order valence-electron chi connectivity index (χ3n) is 6.43. The van der Waals surface area contributed by atoms with Crippen LogP contribution in [0.1, 0.15) is 36.0 Å². The lowest BCUT2D eigenvalue weighted by molar-refractivity contribution is -0.0475. The minimum atomic E-state index is -0.950. The van der Waals surface area contributed by atoms with E-state index in [-0.39, 0.29) is 24.9 Å². The predicted octanol–water partition coefficient (Wildman–Crippen LogP) is 4.79. The van der Waals surface area contributed by atoms with E-state index in [0.717, 1.165) is 41.9 Å². The van der Waals surface area contributed by atoms with Gasteiger partial charge < -0.3 is 24.8 Å². The van der Waals surface area contributed by atoms with E-state index in [1.807, 2.05) is 30.3 Å². The van der Waals surface area contributed by atoms with Crippen molar-refractivity contribution in [2.45, 2.75) is 31.3 Å². The second kappa shape index (κ2) is 12.6. The summed E-state index contributed by atoms with van der Waals surface area (Å²) in [5.41, 5.74) is -0.310. The first-order chi connectivity index (χ1) is 15.9. The van der Waals surface area contributed by atoms with E-state index in [1.54, 1.807) is 17.0 Å². The van der Waals surface area contributed by atoms with E-state index >= 15 is 0 Å². The van der Waals surface area contributed by atoms with Crippen molar-refractivity contribution < 1.29 is 19.4 Å². The maximum absolute atomic E-state index is 12.9.